The van der Waals surface area contributed by atoms with Gasteiger partial charge in [-0.3, -0.25) is 14.2 Å². The number of fused-ring (bicyclic) bond motifs is 1. The fourth-order valence-corrected chi connectivity index (χ4v) is 2.75. The van der Waals surface area contributed by atoms with Crippen LogP contribution in [0.5, 0.6) is 0 Å². The predicted octanol–water partition coefficient (Wildman–Crippen LogP) is 3.08. The molecule has 2 aromatic carbocycles. The molecule has 0 radical (unpaired) electrons. The molecule has 0 bridgehead atoms. The van der Waals surface area contributed by atoms with Crippen LogP contribution >= 0.6 is 11.6 Å². The Balaban J connectivity index is 1.98. The molecule has 0 aliphatic carbocycles. The Hall–Kier alpha value is -2.66. The average Bonchev–Trinajstić information content (AvgIpc) is 2.58. The first kappa shape index (κ1) is 16.2. The van der Waals surface area contributed by atoms with Crippen molar-refractivity contribution in [2.24, 2.45) is 7.05 Å². The lowest BCUT2D eigenvalue weighted by Crippen LogP contribution is -2.32. The Kier molecular flexibility index (Phi) is 4.36. The van der Waals surface area contributed by atoms with E-state index < -0.39 is 6.04 Å². The number of nitrogens with one attached hydrogen (secondary N) is 1. The highest BCUT2D eigenvalue weighted by Gasteiger charge is 2.17. The van der Waals surface area contributed by atoms with Gasteiger partial charge in [0.25, 0.3) is 11.5 Å². The number of nitrogens with zero attached hydrogens (tertiary/aromatic N) is 2. The number of hydrogen-bond donors (Lipinski definition) is 1. The number of halogens is 1. The molecular formula is C18H16ClN3O2. The van der Waals surface area contributed by atoms with E-state index in [1.54, 1.807) is 56.4 Å². The van der Waals surface area contributed by atoms with Gasteiger partial charge in [0.05, 0.1) is 16.9 Å². The highest BCUT2D eigenvalue weighted by molar-refractivity contribution is 6.31. The summed E-state index contributed by atoms with van der Waals surface area (Å²) in [5.74, 6) is 0.252. The third kappa shape index (κ3) is 3.03. The lowest BCUT2D eigenvalue weighted by atomic mass is 10.2. The summed E-state index contributed by atoms with van der Waals surface area (Å²) in [6, 6.07) is 13.4. The van der Waals surface area contributed by atoms with Crippen molar-refractivity contribution >= 4 is 28.4 Å². The summed E-state index contributed by atoms with van der Waals surface area (Å²) in [4.78, 5) is 29.3. The molecule has 0 saturated heterocycles. The summed E-state index contributed by atoms with van der Waals surface area (Å²) in [6.07, 6.45) is 0. The summed E-state index contributed by atoms with van der Waals surface area (Å²) in [7, 11) is 1.64. The minimum Gasteiger partial charge on any atom is -0.342 e. The minimum atomic E-state index is -0.432. The molecule has 0 saturated carbocycles. The monoisotopic (exact) mass is 341 g/mol. The fourth-order valence-electron chi connectivity index (χ4n) is 2.58. The molecule has 0 spiro atoms. The highest BCUT2D eigenvalue weighted by Crippen LogP contribution is 2.17. The van der Waals surface area contributed by atoms with E-state index >= 15 is 0 Å². The van der Waals surface area contributed by atoms with Gasteiger partial charge in [0.15, 0.2) is 0 Å². The molecule has 5 nitrogen and oxygen atoms in total. The third-order valence-electron chi connectivity index (χ3n) is 3.84. The van der Waals surface area contributed by atoms with Gasteiger partial charge in [-0.05, 0) is 37.3 Å². The maximum absolute atomic E-state index is 12.5. The molecule has 1 atom stereocenters. The van der Waals surface area contributed by atoms with Crippen molar-refractivity contribution in [3.8, 4) is 0 Å². The van der Waals surface area contributed by atoms with E-state index in [9.17, 15) is 9.59 Å². The third-order valence-corrected chi connectivity index (χ3v) is 4.08. The first-order valence-corrected chi connectivity index (χ1v) is 7.87. The van der Waals surface area contributed by atoms with Crippen LogP contribution in [-0.4, -0.2) is 15.5 Å². The van der Waals surface area contributed by atoms with Gasteiger partial charge in [0, 0.05) is 17.6 Å². The predicted molar refractivity (Wildman–Crippen MR) is 94.3 cm³/mol. The molecule has 0 aliphatic rings. The smallest absolute Gasteiger partial charge is 0.261 e. The second kappa shape index (κ2) is 6.45. The number of amides is 1. The van der Waals surface area contributed by atoms with Gasteiger partial charge >= 0.3 is 0 Å². The van der Waals surface area contributed by atoms with Crippen LogP contribution in [0, 0.1) is 0 Å². The van der Waals surface area contributed by atoms with E-state index in [0.29, 0.717) is 27.3 Å². The standard InChI is InChI=1S/C18H16ClN3O2/c1-11(20-17(23)12-6-4-3-5-7-12)16-21-15-10-13(19)8-9-14(15)18(24)22(16)2/h3-11H,1-2H3,(H,20,23)/t11-/m1/s1. The molecule has 0 fully saturated rings. The molecular weight excluding hydrogens is 326 g/mol. The first-order valence-electron chi connectivity index (χ1n) is 7.49. The van der Waals surface area contributed by atoms with Crippen molar-refractivity contribution in [1.82, 2.24) is 14.9 Å². The number of carbonyl (C=O) groups excluding carboxylic acids is 1. The maximum Gasteiger partial charge on any atom is 0.261 e. The second-order valence-corrected chi connectivity index (χ2v) is 5.99. The van der Waals surface area contributed by atoms with Crippen LogP contribution in [-0.2, 0) is 7.05 Å². The first-order chi connectivity index (χ1) is 11.5. The number of carbonyl (C=O) groups is 1. The van der Waals surface area contributed by atoms with Gasteiger partial charge in [-0.15, -0.1) is 0 Å². The van der Waals surface area contributed by atoms with Crippen LogP contribution in [0.15, 0.2) is 53.3 Å². The van der Waals surface area contributed by atoms with Crippen molar-refractivity contribution in [3.63, 3.8) is 0 Å². The summed E-state index contributed by atoms with van der Waals surface area (Å²) >= 11 is 5.99. The lowest BCUT2D eigenvalue weighted by Gasteiger charge is -2.17. The Morgan fingerprint density at radius 3 is 2.62 bits per heavy atom. The van der Waals surface area contributed by atoms with E-state index in [1.807, 2.05) is 6.07 Å². The molecule has 1 aromatic heterocycles. The topological polar surface area (TPSA) is 64.0 Å². The van der Waals surface area contributed by atoms with Crippen molar-refractivity contribution < 1.29 is 4.79 Å². The Labute approximate surface area is 143 Å². The van der Waals surface area contributed by atoms with E-state index in [4.69, 9.17) is 11.6 Å². The summed E-state index contributed by atoms with van der Waals surface area (Å²) in [5, 5.41) is 3.87. The Morgan fingerprint density at radius 1 is 1.21 bits per heavy atom. The molecule has 6 heteroatoms. The molecule has 3 rings (SSSR count). The summed E-state index contributed by atoms with van der Waals surface area (Å²) in [5.41, 5.74) is 0.895. The van der Waals surface area contributed by atoms with Gasteiger partial charge in [-0.1, -0.05) is 29.8 Å². The van der Waals surface area contributed by atoms with Crippen molar-refractivity contribution in [3.05, 3.63) is 75.3 Å². The van der Waals surface area contributed by atoms with Gasteiger partial charge < -0.3 is 5.32 Å². The zero-order valence-electron chi connectivity index (χ0n) is 13.3. The van der Waals surface area contributed by atoms with Crippen LogP contribution in [0.25, 0.3) is 10.9 Å². The molecule has 0 aliphatic heterocycles. The summed E-state index contributed by atoms with van der Waals surface area (Å²) in [6.45, 7) is 1.79. The molecule has 24 heavy (non-hydrogen) atoms. The molecule has 1 N–H and O–H groups in total. The van der Waals surface area contributed by atoms with E-state index in [2.05, 4.69) is 10.3 Å². The van der Waals surface area contributed by atoms with Crippen LogP contribution in [0.1, 0.15) is 29.1 Å². The zero-order valence-corrected chi connectivity index (χ0v) is 14.0. The minimum absolute atomic E-state index is 0.174. The van der Waals surface area contributed by atoms with Gasteiger partial charge in [-0.2, -0.15) is 0 Å². The molecule has 1 heterocycles. The largest absolute Gasteiger partial charge is 0.342 e. The molecule has 122 valence electrons. The highest BCUT2D eigenvalue weighted by atomic mass is 35.5. The van der Waals surface area contributed by atoms with Crippen molar-refractivity contribution in [1.29, 1.82) is 0 Å². The maximum atomic E-state index is 12.5. The van der Waals surface area contributed by atoms with E-state index in [0.717, 1.165) is 0 Å². The molecule has 3 aromatic rings. The Morgan fingerprint density at radius 2 is 1.92 bits per heavy atom. The van der Waals surface area contributed by atoms with Gasteiger partial charge in [0.2, 0.25) is 0 Å². The second-order valence-electron chi connectivity index (χ2n) is 5.56. The zero-order chi connectivity index (χ0) is 17.3. The van der Waals surface area contributed by atoms with Crippen LogP contribution < -0.4 is 10.9 Å². The normalized spacial score (nSPS) is 12.1. The SMILES string of the molecule is C[C@@H](NC(=O)c1ccccc1)c1nc2cc(Cl)ccc2c(=O)n1C. The quantitative estimate of drug-likeness (QED) is 0.796. The fraction of sp³-hybridized carbons (Fsp3) is 0.167. The van der Waals surface area contributed by atoms with Crippen LogP contribution in [0.3, 0.4) is 0 Å². The van der Waals surface area contributed by atoms with E-state index in [-0.39, 0.29) is 11.5 Å². The van der Waals surface area contributed by atoms with Crippen LogP contribution in [0.4, 0.5) is 0 Å². The number of aromatic nitrogens is 2. The molecule has 1 amide bonds. The number of hydrogen-bond acceptors (Lipinski definition) is 3. The van der Waals surface area contributed by atoms with Crippen molar-refractivity contribution in [2.75, 3.05) is 0 Å². The number of benzene rings is 2. The van der Waals surface area contributed by atoms with Crippen LogP contribution in [0.2, 0.25) is 5.02 Å². The molecule has 0 unspecified atom stereocenters. The lowest BCUT2D eigenvalue weighted by molar-refractivity contribution is 0.0937. The van der Waals surface area contributed by atoms with Crippen molar-refractivity contribution in [2.45, 2.75) is 13.0 Å². The average molecular weight is 342 g/mol. The Bertz CT molecular complexity index is 967. The van der Waals surface area contributed by atoms with E-state index in [1.165, 1.54) is 4.57 Å². The van der Waals surface area contributed by atoms with Gasteiger partial charge in [0.1, 0.15) is 5.82 Å². The van der Waals surface area contributed by atoms with Gasteiger partial charge in [-0.25, -0.2) is 4.98 Å². The number of rotatable bonds is 3. The summed E-state index contributed by atoms with van der Waals surface area (Å²) < 4.78 is 1.45.